The van der Waals surface area contributed by atoms with Gasteiger partial charge in [-0.3, -0.25) is 14.6 Å². The molecule has 17 heavy (non-hydrogen) atoms. The zero-order chi connectivity index (χ0) is 12.3. The third-order valence-corrected chi connectivity index (χ3v) is 3.09. The second kappa shape index (κ2) is 5.03. The monoisotopic (exact) mass is 233 g/mol. The molecule has 1 amide bonds. The van der Waals surface area contributed by atoms with Gasteiger partial charge in [0.1, 0.15) is 11.5 Å². The van der Waals surface area contributed by atoms with Crippen molar-refractivity contribution in [1.29, 1.82) is 0 Å². The summed E-state index contributed by atoms with van der Waals surface area (Å²) in [6.07, 6.45) is 5.72. The number of hydrogen-bond acceptors (Lipinski definition) is 4. The topological polar surface area (TPSA) is 63.2 Å². The first-order valence-electron chi connectivity index (χ1n) is 5.80. The van der Waals surface area contributed by atoms with E-state index >= 15 is 0 Å². The summed E-state index contributed by atoms with van der Waals surface area (Å²) in [4.78, 5) is 33.2. The first-order valence-corrected chi connectivity index (χ1v) is 5.80. The summed E-state index contributed by atoms with van der Waals surface area (Å²) in [5, 5.41) is 0. The van der Waals surface area contributed by atoms with E-state index in [1.54, 1.807) is 4.90 Å². The molecule has 2 rings (SSSR count). The van der Waals surface area contributed by atoms with Crippen LogP contribution in [0.5, 0.6) is 0 Å². The molecule has 0 aliphatic carbocycles. The van der Waals surface area contributed by atoms with Crippen molar-refractivity contribution >= 4 is 11.7 Å². The first-order chi connectivity index (χ1) is 8.22. The summed E-state index contributed by atoms with van der Waals surface area (Å²) < 4.78 is 0. The van der Waals surface area contributed by atoms with E-state index in [2.05, 4.69) is 9.97 Å². The molecule has 0 N–H and O–H groups in total. The Kier molecular flexibility index (Phi) is 3.46. The summed E-state index contributed by atoms with van der Waals surface area (Å²) in [5.74, 6) is 0.101. The van der Waals surface area contributed by atoms with Gasteiger partial charge in [0.05, 0.1) is 6.20 Å². The van der Waals surface area contributed by atoms with Crippen molar-refractivity contribution in [2.75, 3.05) is 13.1 Å². The standard InChI is InChI=1S/C12H15N3O2/c1-2-9-8-15(6-3-11(9)16)12(17)10-7-13-4-5-14-10/h4-5,7,9H,2-3,6,8H2,1H3. The average molecular weight is 233 g/mol. The molecule has 0 spiro atoms. The van der Waals surface area contributed by atoms with Crippen molar-refractivity contribution in [2.45, 2.75) is 19.8 Å². The lowest BCUT2D eigenvalue weighted by Crippen LogP contribution is -2.44. The minimum absolute atomic E-state index is 0.0237. The van der Waals surface area contributed by atoms with Gasteiger partial charge in [0.2, 0.25) is 0 Å². The van der Waals surface area contributed by atoms with Crippen molar-refractivity contribution in [1.82, 2.24) is 14.9 Å². The van der Waals surface area contributed by atoms with Crippen LogP contribution in [0.2, 0.25) is 0 Å². The first kappa shape index (κ1) is 11.7. The Balaban J connectivity index is 2.09. The molecule has 1 fully saturated rings. The minimum atomic E-state index is -0.135. The molecule has 1 aromatic rings. The molecule has 0 bridgehead atoms. The van der Waals surface area contributed by atoms with E-state index in [0.29, 0.717) is 25.2 Å². The van der Waals surface area contributed by atoms with Crippen molar-refractivity contribution < 1.29 is 9.59 Å². The number of carbonyl (C=O) groups is 2. The Morgan fingerprint density at radius 1 is 1.53 bits per heavy atom. The van der Waals surface area contributed by atoms with Crippen molar-refractivity contribution in [3.05, 3.63) is 24.3 Å². The van der Waals surface area contributed by atoms with E-state index in [9.17, 15) is 9.59 Å². The molecule has 1 saturated heterocycles. The summed E-state index contributed by atoms with van der Waals surface area (Å²) in [6, 6.07) is 0. The fraction of sp³-hybridized carbons (Fsp3) is 0.500. The molecule has 1 atom stereocenters. The normalized spacial score (nSPS) is 20.4. The van der Waals surface area contributed by atoms with Gasteiger partial charge in [0, 0.05) is 37.8 Å². The molecular weight excluding hydrogens is 218 g/mol. The van der Waals surface area contributed by atoms with Crippen molar-refractivity contribution in [3.8, 4) is 0 Å². The Bertz CT molecular complexity index is 419. The predicted molar refractivity (Wildman–Crippen MR) is 61.3 cm³/mol. The quantitative estimate of drug-likeness (QED) is 0.762. The molecule has 0 saturated carbocycles. The Hall–Kier alpha value is -1.78. The molecule has 0 radical (unpaired) electrons. The highest BCUT2D eigenvalue weighted by Crippen LogP contribution is 2.17. The lowest BCUT2D eigenvalue weighted by Gasteiger charge is -2.30. The third-order valence-electron chi connectivity index (χ3n) is 3.09. The van der Waals surface area contributed by atoms with Crippen LogP contribution in [0.15, 0.2) is 18.6 Å². The smallest absolute Gasteiger partial charge is 0.274 e. The Morgan fingerprint density at radius 2 is 2.35 bits per heavy atom. The van der Waals surface area contributed by atoms with Crippen LogP contribution in [0, 0.1) is 5.92 Å². The maximum absolute atomic E-state index is 12.1. The SMILES string of the molecule is CCC1CN(C(=O)c2cnccn2)CCC1=O. The van der Waals surface area contributed by atoms with E-state index in [1.165, 1.54) is 18.6 Å². The van der Waals surface area contributed by atoms with E-state index in [-0.39, 0.29) is 17.6 Å². The number of Topliss-reactive ketones (excluding diaryl/α,β-unsaturated/α-hetero) is 1. The van der Waals surface area contributed by atoms with Gasteiger partial charge in [-0.25, -0.2) is 4.98 Å². The van der Waals surface area contributed by atoms with Gasteiger partial charge in [0.25, 0.3) is 5.91 Å². The molecular formula is C12H15N3O2. The zero-order valence-corrected chi connectivity index (χ0v) is 9.80. The molecule has 1 aliphatic rings. The van der Waals surface area contributed by atoms with E-state index < -0.39 is 0 Å². The minimum Gasteiger partial charge on any atom is -0.336 e. The molecule has 5 nitrogen and oxygen atoms in total. The van der Waals surface area contributed by atoms with Crippen molar-refractivity contribution in [2.24, 2.45) is 5.92 Å². The lowest BCUT2D eigenvalue weighted by atomic mass is 9.94. The molecule has 0 aromatic carbocycles. The van der Waals surface area contributed by atoms with Gasteiger partial charge >= 0.3 is 0 Å². The zero-order valence-electron chi connectivity index (χ0n) is 9.80. The fourth-order valence-electron chi connectivity index (χ4n) is 2.02. The summed E-state index contributed by atoms with van der Waals surface area (Å²) in [5.41, 5.74) is 0.344. The second-order valence-electron chi connectivity index (χ2n) is 4.16. The van der Waals surface area contributed by atoms with Crippen LogP contribution in [0.25, 0.3) is 0 Å². The van der Waals surface area contributed by atoms with Gasteiger partial charge in [0.15, 0.2) is 0 Å². The highest BCUT2D eigenvalue weighted by atomic mass is 16.2. The number of hydrogen-bond donors (Lipinski definition) is 0. The fourth-order valence-corrected chi connectivity index (χ4v) is 2.02. The third kappa shape index (κ3) is 2.49. The van der Waals surface area contributed by atoms with Gasteiger partial charge in [-0.05, 0) is 6.42 Å². The predicted octanol–water partition coefficient (Wildman–Crippen LogP) is 0.918. The van der Waals surface area contributed by atoms with Gasteiger partial charge < -0.3 is 4.90 Å². The van der Waals surface area contributed by atoms with Gasteiger partial charge in [-0.1, -0.05) is 6.92 Å². The second-order valence-corrected chi connectivity index (χ2v) is 4.16. The number of amides is 1. The summed E-state index contributed by atoms with van der Waals surface area (Å²) in [6.45, 7) is 2.97. The maximum Gasteiger partial charge on any atom is 0.274 e. The average Bonchev–Trinajstić information content (AvgIpc) is 2.39. The maximum atomic E-state index is 12.1. The number of carbonyl (C=O) groups excluding carboxylic acids is 2. The Morgan fingerprint density at radius 3 is 3.00 bits per heavy atom. The molecule has 90 valence electrons. The number of rotatable bonds is 2. The van der Waals surface area contributed by atoms with Crippen LogP contribution in [0.1, 0.15) is 30.3 Å². The van der Waals surface area contributed by atoms with Crippen molar-refractivity contribution in [3.63, 3.8) is 0 Å². The van der Waals surface area contributed by atoms with Crippen LogP contribution in [0.3, 0.4) is 0 Å². The molecule has 5 heteroatoms. The van der Waals surface area contributed by atoms with Gasteiger partial charge in [-0.2, -0.15) is 0 Å². The van der Waals surface area contributed by atoms with Crippen LogP contribution >= 0.6 is 0 Å². The summed E-state index contributed by atoms with van der Waals surface area (Å²) >= 11 is 0. The molecule has 1 aliphatic heterocycles. The van der Waals surface area contributed by atoms with Crippen LogP contribution in [-0.4, -0.2) is 39.6 Å². The largest absolute Gasteiger partial charge is 0.336 e. The number of nitrogens with zero attached hydrogens (tertiary/aromatic N) is 3. The van der Waals surface area contributed by atoms with E-state index in [0.717, 1.165) is 6.42 Å². The van der Waals surface area contributed by atoms with Crippen LogP contribution < -0.4 is 0 Å². The number of likely N-dealkylation sites (tertiary alicyclic amines) is 1. The number of ketones is 1. The summed E-state index contributed by atoms with van der Waals surface area (Å²) in [7, 11) is 0. The number of piperidine rings is 1. The molecule has 2 heterocycles. The highest BCUT2D eigenvalue weighted by Gasteiger charge is 2.29. The van der Waals surface area contributed by atoms with Gasteiger partial charge in [-0.15, -0.1) is 0 Å². The molecule has 1 unspecified atom stereocenters. The van der Waals surface area contributed by atoms with E-state index in [4.69, 9.17) is 0 Å². The lowest BCUT2D eigenvalue weighted by molar-refractivity contribution is -0.125. The number of aromatic nitrogens is 2. The molecule has 1 aromatic heterocycles. The van der Waals surface area contributed by atoms with E-state index in [1.807, 2.05) is 6.92 Å². The highest BCUT2D eigenvalue weighted by molar-refractivity contribution is 5.93. The Labute approximate surface area is 99.9 Å². The van der Waals surface area contributed by atoms with Crippen LogP contribution in [-0.2, 0) is 4.79 Å². The van der Waals surface area contributed by atoms with Crippen LogP contribution in [0.4, 0.5) is 0 Å².